The first-order valence-corrected chi connectivity index (χ1v) is 10.2. The van der Waals surface area contributed by atoms with Crippen molar-refractivity contribution in [1.29, 1.82) is 0 Å². The monoisotopic (exact) mass is 483 g/mol. The second-order valence-electron chi connectivity index (χ2n) is 5.64. The summed E-state index contributed by atoms with van der Waals surface area (Å²) in [6.07, 6.45) is 0. The second-order valence-corrected chi connectivity index (χ2v) is 6.77. The summed E-state index contributed by atoms with van der Waals surface area (Å²) >= 11 is 16.6. The molecule has 0 aliphatic rings. The highest BCUT2D eigenvalue weighted by atomic mass is 35.5. The predicted molar refractivity (Wildman–Crippen MR) is 122 cm³/mol. The van der Waals surface area contributed by atoms with Gasteiger partial charge in [-0.05, 0) is 24.3 Å². The van der Waals surface area contributed by atoms with Crippen LogP contribution in [0.1, 0.15) is 15.9 Å². The Bertz CT molecular complexity index is 732. The number of carbonyl (C=O) groups is 1. The van der Waals surface area contributed by atoms with Gasteiger partial charge in [0.05, 0.1) is 18.2 Å². The van der Waals surface area contributed by atoms with Gasteiger partial charge in [0.1, 0.15) is 17.2 Å². The topological polar surface area (TPSA) is 70.0 Å². The maximum absolute atomic E-state index is 12.1. The van der Waals surface area contributed by atoms with Crippen LogP contribution in [0.25, 0.3) is 0 Å². The Morgan fingerprint density at radius 2 is 1.41 bits per heavy atom. The molecule has 0 saturated heterocycles. The van der Waals surface area contributed by atoms with Crippen LogP contribution in [0.3, 0.4) is 0 Å². The lowest BCUT2D eigenvalue weighted by Gasteiger charge is -2.17. The van der Waals surface area contributed by atoms with E-state index in [1.807, 2.05) is 0 Å². The largest absolute Gasteiger partial charge is 0.507 e. The number of ketones is 1. The van der Waals surface area contributed by atoms with Crippen LogP contribution in [0.15, 0.2) is 42.5 Å². The van der Waals surface area contributed by atoms with Crippen molar-refractivity contribution in [2.45, 2.75) is 0 Å². The van der Waals surface area contributed by atoms with Crippen LogP contribution in [0, 0.1) is 0 Å². The number of phenols is 2. The highest BCUT2D eigenvalue weighted by Gasteiger charge is 2.16. The molecule has 0 aliphatic heterocycles. The highest BCUT2D eigenvalue weighted by Crippen LogP contribution is 2.28. The maximum atomic E-state index is 12.1. The van der Waals surface area contributed by atoms with Gasteiger partial charge >= 0.3 is 0 Å². The first-order valence-electron chi connectivity index (χ1n) is 8.58. The van der Waals surface area contributed by atoms with E-state index in [1.54, 1.807) is 18.2 Å². The highest BCUT2D eigenvalue weighted by molar-refractivity contribution is 6.18. The summed E-state index contributed by atoms with van der Waals surface area (Å²) in [7, 11) is 1.47. The fourth-order valence-electron chi connectivity index (χ4n) is 2.34. The van der Waals surface area contributed by atoms with E-state index in [4.69, 9.17) is 39.5 Å². The van der Waals surface area contributed by atoms with Crippen molar-refractivity contribution in [3.05, 3.63) is 53.6 Å². The third-order valence-corrected chi connectivity index (χ3v) is 4.31. The number of hydrogen-bond acceptors (Lipinski definition) is 5. The molecule has 0 saturated carbocycles. The lowest BCUT2D eigenvalue weighted by atomic mass is 10.0. The average Bonchev–Trinajstić information content (AvgIpc) is 2.69. The molecule has 0 unspecified atom stereocenters. The van der Waals surface area contributed by atoms with E-state index in [0.29, 0.717) is 23.4 Å². The third kappa shape index (κ3) is 9.32. The lowest BCUT2D eigenvalue weighted by Crippen LogP contribution is -2.29. The predicted octanol–water partition coefficient (Wildman–Crippen LogP) is 4.76. The van der Waals surface area contributed by atoms with E-state index in [9.17, 15) is 15.0 Å². The van der Waals surface area contributed by atoms with Gasteiger partial charge in [-0.25, -0.2) is 0 Å². The fraction of sp³-hybridized carbons (Fsp3) is 0.350. The number of para-hydroxylation sites is 1. The van der Waals surface area contributed by atoms with Gasteiger partial charge in [0, 0.05) is 43.3 Å². The number of hydrogen-bond donors (Lipinski definition) is 2. The number of aromatic hydroxyl groups is 2. The number of benzene rings is 2. The van der Waals surface area contributed by atoms with E-state index in [1.165, 1.54) is 31.4 Å². The number of carbonyl (C=O) groups excluding carboxylic acids is 1. The number of nitrogens with zero attached hydrogens (tertiary/aromatic N) is 1. The molecule has 0 amide bonds. The zero-order chi connectivity index (χ0) is 20.9. The molecule has 5 nitrogen and oxygen atoms in total. The Morgan fingerprint density at radius 3 is 1.86 bits per heavy atom. The van der Waals surface area contributed by atoms with Crippen molar-refractivity contribution in [1.82, 2.24) is 4.90 Å². The minimum absolute atomic E-state index is 0. The van der Waals surface area contributed by atoms with Gasteiger partial charge in [0.15, 0.2) is 5.78 Å². The van der Waals surface area contributed by atoms with Crippen LogP contribution in [0.2, 0.25) is 0 Å². The number of phenolic OH excluding ortho intramolecular Hbond substituents is 2. The second kappa shape index (κ2) is 15.5. The molecule has 0 aliphatic carbocycles. The number of ether oxygens (including phenoxy) is 1. The molecule has 2 aromatic rings. The van der Waals surface area contributed by atoms with Crippen molar-refractivity contribution in [2.75, 3.05) is 44.4 Å². The smallest absolute Gasteiger partial charge is 0.200 e. The molecule has 0 atom stereocenters. The lowest BCUT2D eigenvalue weighted by molar-refractivity contribution is 0.103. The molecule has 0 aromatic heterocycles. The van der Waals surface area contributed by atoms with Gasteiger partial charge in [0.25, 0.3) is 0 Å². The average molecular weight is 485 g/mol. The minimum Gasteiger partial charge on any atom is -0.507 e. The van der Waals surface area contributed by atoms with E-state index < -0.39 is 5.78 Å². The number of rotatable bonds is 9. The summed E-state index contributed by atoms with van der Waals surface area (Å²) < 4.78 is 4.94. The van der Waals surface area contributed by atoms with Crippen LogP contribution in [-0.4, -0.2) is 65.3 Å². The van der Waals surface area contributed by atoms with Crippen LogP contribution in [-0.2, 0) is 0 Å². The SMILES string of the molecule is COc1ccc(C(=O)c2ccccc2O)c(O)c1.Cl.ClCCN(CCCl)CCCl. The Morgan fingerprint density at radius 1 is 0.897 bits per heavy atom. The molecular formula is C20H25Cl4NO4. The normalized spacial score (nSPS) is 9.97. The summed E-state index contributed by atoms with van der Waals surface area (Å²) in [6.45, 7) is 2.63. The zero-order valence-electron chi connectivity index (χ0n) is 16.0. The fourth-order valence-corrected chi connectivity index (χ4v) is 3.05. The van der Waals surface area contributed by atoms with Crippen LogP contribution >= 0.6 is 47.2 Å². The number of methoxy groups -OCH3 is 1. The van der Waals surface area contributed by atoms with Crippen molar-refractivity contribution in [3.8, 4) is 17.2 Å². The molecule has 0 fully saturated rings. The summed E-state index contributed by atoms with van der Waals surface area (Å²) in [5, 5.41) is 19.4. The molecule has 2 aromatic carbocycles. The third-order valence-electron chi connectivity index (χ3n) is 3.80. The molecule has 2 rings (SSSR count). The summed E-state index contributed by atoms with van der Waals surface area (Å²) in [6, 6.07) is 10.6. The Hall–Kier alpha value is -1.37. The Labute approximate surface area is 192 Å². The van der Waals surface area contributed by atoms with Crippen LogP contribution in [0.4, 0.5) is 0 Å². The molecule has 2 N–H and O–H groups in total. The van der Waals surface area contributed by atoms with Gasteiger partial charge in [0.2, 0.25) is 0 Å². The van der Waals surface area contributed by atoms with Crippen molar-refractivity contribution < 1.29 is 19.7 Å². The van der Waals surface area contributed by atoms with Crippen LogP contribution in [0.5, 0.6) is 17.2 Å². The standard InChI is InChI=1S/C14H12O4.C6H12Cl3N.ClH/c1-18-9-6-7-11(13(16)8-9)14(17)10-4-2-3-5-12(10)15;7-1-4-10(5-2-8)6-3-9;/h2-8,15-16H,1H3;1-6H2;1H. The van der Waals surface area contributed by atoms with Crippen molar-refractivity contribution in [3.63, 3.8) is 0 Å². The van der Waals surface area contributed by atoms with Gasteiger partial charge in [-0.1, -0.05) is 12.1 Å². The van der Waals surface area contributed by atoms with Crippen LogP contribution < -0.4 is 4.74 Å². The number of halogens is 4. The maximum Gasteiger partial charge on any atom is 0.200 e. The molecule has 29 heavy (non-hydrogen) atoms. The molecule has 0 spiro atoms. The van der Waals surface area contributed by atoms with Crippen molar-refractivity contribution >= 4 is 53.0 Å². The summed E-state index contributed by atoms with van der Waals surface area (Å²) in [4.78, 5) is 14.3. The van der Waals surface area contributed by atoms with Gasteiger partial charge in [-0.15, -0.1) is 47.2 Å². The zero-order valence-corrected chi connectivity index (χ0v) is 19.1. The molecular weight excluding hydrogens is 460 g/mol. The first-order chi connectivity index (χ1) is 13.5. The molecule has 9 heteroatoms. The van der Waals surface area contributed by atoms with Crippen molar-refractivity contribution in [2.24, 2.45) is 0 Å². The van der Waals surface area contributed by atoms with Gasteiger partial charge < -0.3 is 14.9 Å². The van der Waals surface area contributed by atoms with E-state index >= 15 is 0 Å². The van der Waals surface area contributed by atoms with E-state index in [-0.39, 0.29) is 35.0 Å². The molecule has 0 radical (unpaired) electrons. The molecule has 162 valence electrons. The molecule has 0 bridgehead atoms. The quantitative estimate of drug-likeness (QED) is 0.396. The molecule has 0 heterocycles. The Kier molecular flexibility index (Phi) is 14.7. The van der Waals surface area contributed by atoms with Gasteiger partial charge in [-0.3, -0.25) is 9.69 Å². The van der Waals surface area contributed by atoms with E-state index in [2.05, 4.69) is 4.90 Å². The van der Waals surface area contributed by atoms with E-state index in [0.717, 1.165) is 19.6 Å². The first kappa shape index (κ1) is 27.6. The van der Waals surface area contributed by atoms with Gasteiger partial charge in [-0.2, -0.15) is 0 Å². The minimum atomic E-state index is -0.437. The summed E-state index contributed by atoms with van der Waals surface area (Å²) in [5.74, 6) is 1.67. The number of alkyl halides is 3. The Balaban J connectivity index is 0.000000616. The summed E-state index contributed by atoms with van der Waals surface area (Å²) in [5.41, 5.74) is 0.273.